The first kappa shape index (κ1) is 15.3. The fraction of sp³-hybridized carbons (Fsp3) is 0.267. The summed E-state index contributed by atoms with van der Waals surface area (Å²) in [6, 6.07) is 10.8. The first-order valence-corrected chi connectivity index (χ1v) is 8.35. The molecule has 1 aromatic carbocycles. The van der Waals surface area contributed by atoms with Gasteiger partial charge in [-0.25, -0.2) is 4.98 Å². The summed E-state index contributed by atoms with van der Waals surface area (Å²) in [4.78, 5) is 3.99. The second-order valence-corrected chi connectivity index (χ2v) is 6.14. The van der Waals surface area contributed by atoms with Crippen molar-refractivity contribution in [3.63, 3.8) is 0 Å². The Kier molecular flexibility index (Phi) is 4.80. The topological polar surface area (TPSA) is 71.1 Å². The van der Waals surface area contributed by atoms with Gasteiger partial charge in [-0.3, -0.25) is 4.72 Å². The molecule has 0 radical (unpaired) electrons. The summed E-state index contributed by atoms with van der Waals surface area (Å²) in [6.45, 7) is 4.55. The molecule has 0 aliphatic rings. The van der Waals surface area contributed by atoms with Crippen LogP contribution in [0.15, 0.2) is 47.6 Å². The lowest BCUT2D eigenvalue weighted by Crippen LogP contribution is -2.17. The van der Waals surface area contributed by atoms with E-state index in [1.165, 1.54) is 6.20 Å². The van der Waals surface area contributed by atoms with Crippen molar-refractivity contribution in [3.05, 3.63) is 48.2 Å². The van der Waals surface area contributed by atoms with E-state index < -0.39 is 10.0 Å². The van der Waals surface area contributed by atoms with Crippen LogP contribution in [0.1, 0.15) is 19.4 Å². The number of nitrogens with zero attached hydrogens (tertiary/aromatic N) is 1. The lowest BCUT2D eigenvalue weighted by molar-refractivity contribution is 0.598. The molecule has 2 rings (SSSR count). The Balaban J connectivity index is 2.34. The lowest BCUT2D eigenvalue weighted by Gasteiger charge is -2.12. The predicted octanol–water partition coefficient (Wildman–Crippen LogP) is 2.88. The van der Waals surface area contributed by atoms with Crippen LogP contribution in [-0.2, 0) is 16.4 Å². The van der Waals surface area contributed by atoms with Gasteiger partial charge in [0.05, 0.1) is 5.69 Å². The molecule has 0 saturated heterocycles. The molecule has 0 aliphatic carbocycles. The second-order valence-electron chi connectivity index (χ2n) is 4.55. The summed E-state index contributed by atoms with van der Waals surface area (Å²) in [5, 5.41) is 3.02. The molecule has 0 saturated carbocycles. The fourth-order valence-electron chi connectivity index (χ4n) is 1.99. The van der Waals surface area contributed by atoms with Gasteiger partial charge in [-0.15, -0.1) is 0 Å². The Labute approximate surface area is 125 Å². The number of aromatic nitrogens is 1. The number of anilines is 2. The monoisotopic (exact) mass is 305 g/mol. The molecular formula is C15H19N3O2S. The highest BCUT2D eigenvalue weighted by Gasteiger charge is 2.20. The molecule has 0 fully saturated rings. The van der Waals surface area contributed by atoms with Crippen molar-refractivity contribution in [3.8, 4) is 0 Å². The molecule has 1 heterocycles. The van der Waals surface area contributed by atoms with Crippen LogP contribution in [0.3, 0.4) is 0 Å². The van der Waals surface area contributed by atoms with Crippen LogP contribution < -0.4 is 10.0 Å². The van der Waals surface area contributed by atoms with E-state index in [2.05, 4.69) is 15.0 Å². The summed E-state index contributed by atoms with van der Waals surface area (Å²) in [6.07, 6.45) is 2.32. The van der Waals surface area contributed by atoms with Gasteiger partial charge >= 0.3 is 0 Å². The number of benzene rings is 1. The lowest BCUT2D eigenvalue weighted by atomic mass is 10.1. The van der Waals surface area contributed by atoms with Crippen LogP contribution in [-0.4, -0.2) is 19.9 Å². The summed E-state index contributed by atoms with van der Waals surface area (Å²) in [5.41, 5.74) is 2.12. The van der Waals surface area contributed by atoms with Gasteiger partial charge in [-0.1, -0.05) is 19.1 Å². The molecule has 0 unspecified atom stereocenters. The summed E-state index contributed by atoms with van der Waals surface area (Å²) in [7, 11) is -3.71. The van der Waals surface area contributed by atoms with Crippen LogP contribution in [0.5, 0.6) is 0 Å². The quantitative estimate of drug-likeness (QED) is 0.861. The molecule has 1 aromatic heterocycles. The molecule has 21 heavy (non-hydrogen) atoms. The molecule has 0 aliphatic heterocycles. The molecule has 2 aromatic rings. The predicted molar refractivity (Wildman–Crippen MR) is 85.0 cm³/mol. The van der Waals surface area contributed by atoms with Gasteiger partial charge in [0.15, 0.2) is 5.03 Å². The Morgan fingerprint density at radius 3 is 2.67 bits per heavy atom. The van der Waals surface area contributed by atoms with E-state index in [9.17, 15) is 8.42 Å². The maximum atomic E-state index is 12.5. The highest BCUT2D eigenvalue weighted by molar-refractivity contribution is 7.92. The zero-order chi connectivity index (χ0) is 15.3. The minimum Gasteiger partial charge on any atom is -0.383 e. The van der Waals surface area contributed by atoms with Crippen molar-refractivity contribution in [1.29, 1.82) is 0 Å². The number of sulfonamides is 1. The van der Waals surface area contributed by atoms with Crippen LogP contribution in [0.25, 0.3) is 0 Å². The third-order valence-electron chi connectivity index (χ3n) is 2.98. The SMILES string of the molecule is CCNc1cccnc1S(=O)(=O)Nc1cccc(CC)c1. The minimum absolute atomic E-state index is 0.00810. The highest BCUT2D eigenvalue weighted by atomic mass is 32.2. The van der Waals surface area contributed by atoms with Gasteiger partial charge in [0.25, 0.3) is 10.0 Å². The molecule has 0 atom stereocenters. The number of hydrogen-bond acceptors (Lipinski definition) is 4. The Hall–Kier alpha value is -2.08. The summed E-state index contributed by atoms with van der Waals surface area (Å²) < 4.78 is 27.5. The first-order chi connectivity index (χ1) is 10.1. The van der Waals surface area contributed by atoms with Gasteiger partial charge in [-0.2, -0.15) is 8.42 Å². The molecule has 0 spiro atoms. The summed E-state index contributed by atoms with van der Waals surface area (Å²) >= 11 is 0. The van der Waals surface area contributed by atoms with Crippen LogP contribution >= 0.6 is 0 Å². The molecule has 112 valence electrons. The number of pyridine rings is 1. The molecule has 6 heteroatoms. The number of nitrogens with one attached hydrogen (secondary N) is 2. The summed E-state index contributed by atoms with van der Waals surface area (Å²) in [5.74, 6) is 0. The zero-order valence-corrected chi connectivity index (χ0v) is 12.9. The van der Waals surface area contributed by atoms with Gasteiger partial charge in [0, 0.05) is 18.4 Å². The molecule has 5 nitrogen and oxygen atoms in total. The van der Waals surface area contributed by atoms with Crippen LogP contribution in [0.4, 0.5) is 11.4 Å². The van der Waals surface area contributed by atoms with Gasteiger partial charge in [0.2, 0.25) is 0 Å². The average molecular weight is 305 g/mol. The van der Waals surface area contributed by atoms with Gasteiger partial charge < -0.3 is 5.32 Å². The van der Waals surface area contributed by atoms with E-state index in [0.29, 0.717) is 17.9 Å². The Morgan fingerprint density at radius 2 is 1.95 bits per heavy atom. The molecule has 0 amide bonds. The maximum absolute atomic E-state index is 12.5. The number of hydrogen-bond donors (Lipinski definition) is 2. The first-order valence-electron chi connectivity index (χ1n) is 6.87. The van der Waals surface area contributed by atoms with E-state index >= 15 is 0 Å². The molecule has 0 bridgehead atoms. The highest BCUT2D eigenvalue weighted by Crippen LogP contribution is 2.21. The van der Waals surface area contributed by atoms with E-state index in [4.69, 9.17) is 0 Å². The zero-order valence-electron chi connectivity index (χ0n) is 12.1. The van der Waals surface area contributed by atoms with E-state index in [-0.39, 0.29) is 5.03 Å². The normalized spacial score (nSPS) is 11.1. The third kappa shape index (κ3) is 3.72. The average Bonchev–Trinajstić information content (AvgIpc) is 2.48. The van der Waals surface area contributed by atoms with Crippen LogP contribution in [0.2, 0.25) is 0 Å². The van der Waals surface area contributed by atoms with Gasteiger partial charge in [0.1, 0.15) is 0 Å². The molecule has 2 N–H and O–H groups in total. The number of aryl methyl sites for hydroxylation is 1. The van der Waals surface area contributed by atoms with Crippen molar-refractivity contribution in [2.24, 2.45) is 0 Å². The van der Waals surface area contributed by atoms with E-state index in [1.807, 2.05) is 32.0 Å². The van der Waals surface area contributed by atoms with Crippen molar-refractivity contribution in [1.82, 2.24) is 4.98 Å². The van der Waals surface area contributed by atoms with E-state index in [1.54, 1.807) is 18.2 Å². The molecular weight excluding hydrogens is 286 g/mol. The number of rotatable bonds is 6. The standard InChI is InChI=1S/C15H19N3O2S/c1-3-12-7-5-8-13(11-12)18-21(19,20)15-14(16-4-2)9-6-10-17-15/h5-11,16,18H,3-4H2,1-2H3. The Morgan fingerprint density at radius 1 is 1.14 bits per heavy atom. The van der Waals surface area contributed by atoms with Crippen molar-refractivity contribution >= 4 is 21.4 Å². The third-order valence-corrected chi connectivity index (χ3v) is 4.32. The van der Waals surface area contributed by atoms with Crippen molar-refractivity contribution in [2.75, 3.05) is 16.6 Å². The van der Waals surface area contributed by atoms with E-state index in [0.717, 1.165) is 12.0 Å². The van der Waals surface area contributed by atoms with Gasteiger partial charge in [-0.05, 0) is 43.2 Å². The maximum Gasteiger partial charge on any atom is 0.281 e. The van der Waals surface area contributed by atoms with Crippen molar-refractivity contribution < 1.29 is 8.42 Å². The van der Waals surface area contributed by atoms with Crippen LogP contribution in [0, 0.1) is 0 Å². The largest absolute Gasteiger partial charge is 0.383 e. The minimum atomic E-state index is -3.71. The van der Waals surface area contributed by atoms with Crippen molar-refractivity contribution in [2.45, 2.75) is 25.3 Å². The fourth-order valence-corrected chi connectivity index (χ4v) is 3.15. The smallest absolute Gasteiger partial charge is 0.281 e. The Bertz CT molecular complexity index is 714. The second kappa shape index (κ2) is 6.58.